The zero-order valence-electron chi connectivity index (χ0n) is 9.87. The number of benzene rings is 2. The number of hydrogen-bond acceptors (Lipinski definition) is 1. The van der Waals surface area contributed by atoms with Gasteiger partial charge < -0.3 is 5.11 Å². The molecular formula is C15H14Cl2O. The van der Waals surface area contributed by atoms with E-state index in [9.17, 15) is 0 Å². The van der Waals surface area contributed by atoms with Crippen LogP contribution in [0.2, 0.25) is 10.0 Å². The Balaban J connectivity index is 2.29. The maximum atomic E-state index is 8.85. The van der Waals surface area contributed by atoms with Crippen molar-refractivity contribution in [3.05, 3.63) is 58.1 Å². The molecule has 1 N–H and O–H groups in total. The Kier molecular flexibility index (Phi) is 4.65. The molecule has 0 bridgehead atoms. The van der Waals surface area contributed by atoms with E-state index in [1.54, 1.807) is 6.07 Å². The first-order valence-electron chi connectivity index (χ1n) is 5.86. The zero-order chi connectivity index (χ0) is 13.0. The molecule has 0 unspecified atom stereocenters. The Morgan fingerprint density at radius 1 is 0.889 bits per heavy atom. The number of rotatable bonds is 4. The van der Waals surface area contributed by atoms with Gasteiger partial charge in [0.2, 0.25) is 0 Å². The van der Waals surface area contributed by atoms with Gasteiger partial charge in [-0.1, -0.05) is 53.5 Å². The third-order valence-electron chi connectivity index (χ3n) is 2.80. The predicted molar refractivity (Wildman–Crippen MR) is 77.3 cm³/mol. The average molecular weight is 281 g/mol. The molecule has 2 rings (SSSR count). The van der Waals surface area contributed by atoms with Crippen LogP contribution < -0.4 is 0 Å². The van der Waals surface area contributed by atoms with Gasteiger partial charge in [-0.15, -0.1) is 0 Å². The minimum atomic E-state index is 0.219. The molecule has 2 aromatic rings. The summed E-state index contributed by atoms with van der Waals surface area (Å²) in [6.07, 6.45) is 1.66. The molecule has 0 saturated heterocycles. The summed E-state index contributed by atoms with van der Waals surface area (Å²) >= 11 is 11.9. The lowest BCUT2D eigenvalue weighted by atomic mass is 10.0. The van der Waals surface area contributed by atoms with E-state index in [-0.39, 0.29) is 6.61 Å². The van der Waals surface area contributed by atoms with Crippen molar-refractivity contribution in [2.75, 3.05) is 6.61 Å². The van der Waals surface area contributed by atoms with Crippen LogP contribution in [0.1, 0.15) is 12.0 Å². The maximum absolute atomic E-state index is 8.85. The summed E-state index contributed by atoms with van der Waals surface area (Å²) in [6, 6.07) is 13.9. The largest absolute Gasteiger partial charge is 0.396 e. The van der Waals surface area contributed by atoms with Crippen molar-refractivity contribution in [3.8, 4) is 11.1 Å². The highest BCUT2D eigenvalue weighted by atomic mass is 35.5. The molecule has 18 heavy (non-hydrogen) atoms. The second-order valence-electron chi connectivity index (χ2n) is 4.16. The quantitative estimate of drug-likeness (QED) is 0.869. The molecule has 0 heterocycles. The molecule has 2 aromatic carbocycles. The van der Waals surface area contributed by atoms with Crippen LogP contribution in [-0.2, 0) is 6.42 Å². The van der Waals surface area contributed by atoms with Crippen molar-refractivity contribution < 1.29 is 5.11 Å². The van der Waals surface area contributed by atoms with Gasteiger partial charge in [0.05, 0.1) is 10.0 Å². The fourth-order valence-corrected chi connectivity index (χ4v) is 2.16. The maximum Gasteiger partial charge on any atom is 0.0598 e. The zero-order valence-corrected chi connectivity index (χ0v) is 11.4. The fraction of sp³-hybridized carbons (Fsp3) is 0.200. The molecule has 0 radical (unpaired) electrons. The number of aryl methyl sites for hydroxylation is 1. The van der Waals surface area contributed by atoms with Crippen LogP contribution in [0.5, 0.6) is 0 Å². The van der Waals surface area contributed by atoms with E-state index >= 15 is 0 Å². The topological polar surface area (TPSA) is 20.2 Å². The minimum absolute atomic E-state index is 0.219. The van der Waals surface area contributed by atoms with E-state index in [0.29, 0.717) is 10.0 Å². The van der Waals surface area contributed by atoms with Crippen LogP contribution in [0.25, 0.3) is 11.1 Å². The molecule has 0 saturated carbocycles. The van der Waals surface area contributed by atoms with Crippen LogP contribution in [0.3, 0.4) is 0 Å². The molecule has 0 aliphatic heterocycles. The summed E-state index contributed by atoms with van der Waals surface area (Å²) in [7, 11) is 0. The van der Waals surface area contributed by atoms with Crippen LogP contribution in [0.15, 0.2) is 42.5 Å². The van der Waals surface area contributed by atoms with E-state index in [0.717, 1.165) is 24.0 Å². The number of hydrogen-bond donors (Lipinski definition) is 1. The Morgan fingerprint density at radius 2 is 1.67 bits per heavy atom. The summed E-state index contributed by atoms with van der Waals surface area (Å²) < 4.78 is 0. The summed E-state index contributed by atoms with van der Waals surface area (Å²) in [5.41, 5.74) is 3.38. The Bertz CT molecular complexity index is 538. The smallest absolute Gasteiger partial charge is 0.0598 e. The number of halogens is 2. The molecule has 0 aromatic heterocycles. The molecule has 0 spiro atoms. The summed E-state index contributed by atoms with van der Waals surface area (Å²) in [5.74, 6) is 0. The third-order valence-corrected chi connectivity index (χ3v) is 3.54. The standard InChI is InChI=1S/C15H14Cl2O/c16-14-7-6-13(10-15(14)17)12-5-1-3-11(9-12)4-2-8-18/h1,3,5-7,9-10,18H,2,4,8H2. The van der Waals surface area contributed by atoms with Crippen molar-refractivity contribution in [1.82, 2.24) is 0 Å². The van der Waals surface area contributed by atoms with Crippen LogP contribution >= 0.6 is 23.2 Å². The summed E-state index contributed by atoms with van der Waals surface area (Å²) in [6.45, 7) is 0.219. The van der Waals surface area contributed by atoms with Gasteiger partial charge >= 0.3 is 0 Å². The van der Waals surface area contributed by atoms with E-state index in [1.807, 2.05) is 24.3 Å². The van der Waals surface area contributed by atoms with Crippen LogP contribution in [0.4, 0.5) is 0 Å². The Hall–Kier alpha value is -1.02. The highest BCUT2D eigenvalue weighted by Crippen LogP contribution is 2.29. The second-order valence-corrected chi connectivity index (χ2v) is 4.97. The highest BCUT2D eigenvalue weighted by Gasteiger charge is 2.03. The molecule has 1 nitrogen and oxygen atoms in total. The van der Waals surface area contributed by atoms with Crippen LogP contribution in [0, 0.1) is 0 Å². The number of aliphatic hydroxyl groups excluding tert-OH is 1. The Labute approximate surface area is 117 Å². The van der Waals surface area contributed by atoms with Gasteiger partial charge in [0.1, 0.15) is 0 Å². The number of aliphatic hydroxyl groups is 1. The predicted octanol–water partition coefficient (Wildman–Crippen LogP) is 4.59. The Morgan fingerprint density at radius 3 is 2.39 bits per heavy atom. The SMILES string of the molecule is OCCCc1cccc(-c2ccc(Cl)c(Cl)c2)c1. The van der Waals surface area contributed by atoms with E-state index in [4.69, 9.17) is 28.3 Å². The van der Waals surface area contributed by atoms with Crippen molar-refractivity contribution in [1.29, 1.82) is 0 Å². The molecule has 3 heteroatoms. The van der Waals surface area contributed by atoms with Gasteiger partial charge in [-0.05, 0) is 41.7 Å². The summed E-state index contributed by atoms with van der Waals surface area (Å²) in [5, 5.41) is 9.98. The molecule has 0 aliphatic rings. The highest BCUT2D eigenvalue weighted by molar-refractivity contribution is 6.42. The average Bonchev–Trinajstić information content (AvgIpc) is 2.40. The second kappa shape index (κ2) is 6.24. The van der Waals surface area contributed by atoms with E-state index in [1.165, 1.54) is 5.56 Å². The first-order chi connectivity index (χ1) is 8.70. The molecule has 94 valence electrons. The van der Waals surface area contributed by atoms with Crippen molar-refractivity contribution in [2.45, 2.75) is 12.8 Å². The minimum Gasteiger partial charge on any atom is -0.396 e. The van der Waals surface area contributed by atoms with Gasteiger partial charge in [0.15, 0.2) is 0 Å². The molecule has 0 atom stereocenters. The normalized spacial score (nSPS) is 10.6. The molecule has 0 aliphatic carbocycles. The van der Waals surface area contributed by atoms with Crippen molar-refractivity contribution in [2.24, 2.45) is 0 Å². The van der Waals surface area contributed by atoms with Gasteiger partial charge in [0.25, 0.3) is 0 Å². The molecular weight excluding hydrogens is 267 g/mol. The first-order valence-corrected chi connectivity index (χ1v) is 6.61. The summed E-state index contributed by atoms with van der Waals surface area (Å²) in [4.78, 5) is 0. The third kappa shape index (κ3) is 3.26. The lowest BCUT2D eigenvalue weighted by Crippen LogP contribution is -1.90. The first kappa shape index (κ1) is 13.4. The van der Waals surface area contributed by atoms with Gasteiger partial charge in [-0.2, -0.15) is 0 Å². The van der Waals surface area contributed by atoms with Crippen molar-refractivity contribution >= 4 is 23.2 Å². The van der Waals surface area contributed by atoms with Crippen LogP contribution in [-0.4, -0.2) is 11.7 Å². The molecule has 0 fully saturated rings. The van der Waals surface area contributed by atoms with E-state index < -0.39 is 0 Å². The fourth-order valence-electron chi connectivity index (χ4n) is 1.87. The van der Waals surface area contributed by atoms with Gasteiger partial charge in [0, 0.05) is 6.61 Å². The lowest BCUT2D eigenvalue weighted by Gasteiger charge is -2.06. The monoisotopic (exact) mass is 280 g/mol. The van der Waals surface area contributed by atoms with E-state index in [2.05, 4.69) is 12.1 Å². The van der Waals surface area contributed by atoms with Crippen molar-refractivity contribution in [3.63, 3.8) is 0 Å². The lowest BCUT2D eigenvalue weighted by molar-refractivity contribution is 0.288. The van der Waals surface area contributed by atoms with Gasteiger partial charge in [-0.25, -0.2) is 0 Å². The molecule has 0 amide bonds. The van der Waals surface area contributed by atoms with Gasteiger partial charge in [-0.3, -0.25) is 0 Å².